The predicted molar refractivity (Wildman–Crippen MR) is 79.8 cm³/mol. The van der Waals surface area contributed by atoms with Crippen molar-refractivity contribution in [3.05, 3.63) is 41.6 Å². The van der Waals surface area contributed by atoms with Gasteiger partial charge < -0.3 is 10.2 Å². The minimum Gasteiger partial charge on any atom is -0.334 e. The summed E-state index contributed by atoms with van der Waals surface area (Å²) in [6.07, 6.45) is 0. The van der Waals surface area contributed by atoms with E-state index >= 15 is 0 Å². The normalized spacial score (nSPS) is 19.3. The van der Waals surface area contributed by atoms with E-state index in [2.05, 4.69) is 17.2 Å². The molecule has 2 aromatic rings. The number of aryl methyl sites for hydroxylation is 1. The summed E-state index contributed by atoms with van der Waals surface area (Å²) in [4.78, 5) is 19.0. The molecule has 1 aromatic heterocycles. The number of aromatic nitrogens is 1. The predicted octanol–water partition coefficient (Wildman–Crippen LogP) is 1.98. The summed E-state index contributed by atoms with van der Waals surface area (Å²) in [5.41, 5.74) is 2.54. The van der Waals surface area contributed by atoms with Crippen LogP contribution in [-0.4, -0.2) is 41.5 Å². The highest BCUT2D eigenvalue weighted by molar-refractivity contribution is 5.96. The van der Waals surface area contributed by atoms with E-state index in [1.807, 2.05) is 42.2 Å². The van der Waals surface area contributed by atoms with E-state index in [0.29, 0.717) is 11.7 Å². The zero-order valence-electron chi connectivity index (χ0n) is 11.9. The van der Waals surface area contributed by atoms with E-state index in [1.54, 1.807) is 0 Å². The lowest BCUT2D eigenvalue weighted by Gasteiger charge is -2.31. The maximum Gasteiger partial charge on any atom is 0.272 e. The van der Waals surface area contributed by atoms with Crippen LogP contribution in [0.5, 0.6) is 0 Å². The minimum absolute atomic E-state index is 0.0344. The van der Waals surface area contributed by atoms with Gasteiger partial charge >= 0.3 is 0 Å². The topological polar surface area (TPSA) is 45.2 Å². The van der Waals surface area contributed by atoms with Crippen molar-refractivity contribution in [1.82, 2.24) is 15.2 Å². The van der Waals surface area contributed by atoms with Gasteiger partial charge in [-0.2, -0.15) is 0 Å². The number of benzene rings is 1. The number of pyridine rings is 1. The van der Waals surface area contributed by atoms with Gasteiger partial charge in [0.2, 0.25) is 0 Å². The maximum atomic E-state index is 12.6. The van der Waals surface area contributed by atoms with Crippen LogP contribution in [0.1, 0.15) is 23.0 Å². The maximum absolute atomic E-state index is 12.6. The number of amides is 1. The van der Waals surface area contributed by atoms with Crippen LogP contribution in [0, 0.1) is 6.92 Å². The third-order valence-corrected chi connectivity index (χ3v) is 3.80. The molecular formula is C16H19N3O. The Kier molecular flexibility index (Phi) is 3.40. The first kappa shape index (κ1) is 13.1. The molecule has 1 aromatic carbocycles. The average Bonchev–Trinajstić information content (AvgIpc) is 2.46. The molecular weight excluding hydrogens is 250 g/mol. The van der Waals surface area contributed by atoms with E-state index < -0.39 is 0 Å². The summed E-state index contributed by atoms with van der Waals surface area (Å²) in [6, 6.07) is 10.2. The Hall–Kier alpha value is -1.94. The largest absolute Gasteiger partial charge is 0.334 e. The van der Waals surface area contributed by atoms with Gasteiger partial charge in [-0.05, 0) is 31.5 Å². The van der Waals surface area contributed by atoms with E-state index in [-0.39, 0.29) is 5.91 Å². The van der Waals surface area contributed by atoms with E-state index in [1.165, 1.54) is 0 Å². The fourth-order valence-electron chi connectivity index (χ4n) is 2.74. The van der Waals surface area contributed by atoms with Crippen molar-refractivity contribution in [3.63, 3.8) is 0 Å². The van der Waals surface area contributed by atoms with Gasteiger partial charge in [-0.3, -0.25) is 4.79 Å². The Labute approximate surface area is 118 Å². The first-order chi connectivity index (χ1) is 9.65. The lowest BCUT2D eigenvalue weighted by atomic mass is 10.1. The van der Waals surface area contributed by atoms with Crippen molar-refractivity contribution in [3.8, 4) is 0 Å². The first-order valence-electron chi connectivity index (χ1n) is 7.04. The number of rotatable bonds is 1. The van der Waals surface area contributed by atoms with Crippen molar-refractivity contribution in [1.29, 1.82) is 0 Å². The quantitative estimate of drug-likeness (QED) is 0.861. The first-order valence-corrected chi connectivity index (χ1v) is 7.04. The van der Waals surface area contributed by atoms with Crippen LogP contribution >= 0.6 is 0 Å². The summed E-state index contributed by atoms with van der Waals surface area (Å²) in [6.45, 7) is 6.46. The molecule has 0 unspecified atom stereocenters. The van der Waals surface area contributed by atoms with Crippen molar-refractivity contribution in [2.75, 3.05) is 19.6 Å². The lowest BCUT2D eigenvalue weighted by Crippen LogP contribution is -2.51. The van der Waals surface area contributed by atoms with Crippen LogP contribution in [0.2, 0.25) is 0 Å². The molecule has 3 rings (SSSR count). The number of hydrogen-bond acceptors (Lipinski definition) is 3. The molecule has 104 valence electrons. The highest BCUT2D eigenvalue weighted by Gasteiger charge is 2.23. The second-order valence-corrected chi connectivity index (χ2v) is 5.45. The summed E-state index contributed by atoms with van der Waals surface area (Å²) in [5, 5.41) is 4.45. The van der Waals surface area contributed by atoms with Crippen molar-refractivity contribution >= 4 is 16.8 Å². The van der Waals surface area contributed by atoms with Gasteiger partial charge in [0.15, 0.2) is 0 Å². The van der Waals surface area contributed by atoms with Crippen molar-refractivity contribution in [2.45, 2.75) is 19.9 Å². The Morgan fingerprint density at radius 2 is 2.20 bits per heavy atom. The number of para-hydroxylation sites is 1. The molecule has 0 radical (unpaired) electrons. The molecule has 0 saturated carbocycles. The number of fused-ring (bicyclic) bond motifs is 1. The van der Waals surface area contributed by atoms with Crippen molar-refractivity contribution < 1.29 is 4.79 Å². The smallest absolute Gasteiger partial charge is 0.272 e. The third kappa shape index (κ3) is 2.39. The minimum atomic E-state index is 0.0344. The molecule has 1 saturated heterocycles. The van der Waals surface area contributed by atoms with E-state index in [0.717, 1.165) is 36.1 Å². The highest BCUT2D eigenvalue weighted by atomic mass is 16.2. The summed E-state index contributed by atoms with van der Waals surface area (Å²) >= 11 is 0. The fraction of sp³-hybridized carbons (Fsp3) is 0.375. The zero-order chi connectivity index (χ0) is 14.1. The molecule has 0 bridgehead atoms. The van der Waals surface area contributed by atoms with Gasteiger partial charge in [0.1, 0.15) is 5.69 Å². The Bertz CT molecular complexity index is 653. The van der Waals surface area contributed by atoms with Crippen LogP contribution in [0.4, 0.5) is 0 Å². The Morgan fingerprint density at radius 3 is 3.00 bits per heavy atom. The SMILES string of the molecule is Cc1cc(C(=O)N2CCN[C@@H](C)C2)nc2ccccc12. The molecule has 1 aliphatic rings. The zero-order valence-corrected chi connectivity index (χ0v) is 11.9. The van der Waals surface area contributed by atoms with Crippen LogP contribution in [0.25, 0.3) is 10.9 Å². The fourth-order valence-corrected chi connectivity index (χ4v) is 2.74. The highest BCUT2D eigenvalue weighted by Crippen LogP contribution is 2.18. The lowest BCUT2D eigenvalue weighted by molar-refractivity contribution is 0.0703. The van der Waals surface area contributed by atoms with E-state index in [9.17, 15) is 4.79 Å². The Balaban J connectivity index is 1.95. The standard InChI is InChI=1S/C16H19N3O/c1-11-9-15(18-14-6-4-3-5-13(11)14)16(20)19-8-7-17-12(2)10-19/h3-6,9,12,17H,7-8,10H2,1-2H3/t12-/m0/s1. The van der Waals surface area contributed by atoms with Gasteiger partial charge in [0, 0.05) is 31.1 Å². The number of hydrogen-bond donors (Lipinski definition) is 1. The molecule has 1 N–H and O–H groups in total. The number of piperazine rings is 1. The number of carbonyl (C=O) groups is 1. The van der Waals surface area contributed by atoms with Gasteiger partial charge in [0.25, 0.3) is 5.91 Å². The molecule has 20 heavy (non-hydrogen) atoms. The molecule has 0 aliphatic carbocycles. The van der Waals surface area contributed by atoms with Crippen LogP contribution < -0.4 is 5.32 Å². The molecule has 1 atom stereocenters. The monoisotopic (exact) mass is 269 g/mol. The number of carbonyl (C=O) groups excluding carboxylic acids is 1. The molecule has 1 fully saturated rings. The average molecular weight is 269 g/mol. The van der Waals surface area contributed by atoms with Gasteiger partial charge in [-0.25, -0.2) is 4.98 Å². The van der Waals surface area contributed by atoms with Crippen LogP contribution in [-0.2, 0) is 0 Å². The molecule has 2 heterocycles. The molecule has 0 spiro atoms. The summed E-state index contributed by atoms with van der Waals surface area (Å²) in [7, 11) is 0. The van der Waals surface area contributed by atoms with Gasteiger partial charge in [-0.1, -0.05) is 18.2 Å². The third-order valence-electron chi connectivity index (χ3n) is 3.80. The second kappa shape index (κ2) is 5.21. The van der Waals surface area contributed by atoms with Gasteiger partial charge in [0.05, 0.1) is 5.52 Å². The Morgan fingerprint density at radius 1 is 1.40 bits per heavy atom. The van der Waals surface area contributed by atoms with E-state index in [4.69, 9.17) is 0 Å². The second-order valence-electron chi connectivity index (χ2n) is 5.45. The van der Waals surface area contributed by atoms with Crippen LogP contribution in [0.3, 0.4) is 0 Å². The summed E-state index contributed by atoms with van der Waals surface area (Å²) in [5.74, 6) is 0.0344. The number of nitrogens with zero attached hydrogens (tertiary/aromatic N) is 2. The van der Waals surface area contributed by atoms with Gasteiger partial charge in [-0.15, -0.1) is 0 Å². The molecule has 1 aliphatic heterocycles. The van der Waals surface area contributed by atoms with Crippen LogP contribution in [0.15, 0.2) is 30.3 Å². The van der Waals surface area contributed by atoms with Crippen molar-refractivity contribution in [2.24, 2.45) is 0 Å². The molecule has 1 amide bonds. The summed E-state index contributed by atoms with van der Waals surface area (Å²) < 4.78 is 0. The number of nitrogens with one attached hydrogen (secondary N) is 1. The molecule has 4 heteroatoms. The molecule has 4 nitrogen and oxygen atoms in total.